The highest BCUT2D eigenvalue weighted by Crippen LogP contribution is 2.59. The maximum absolute atomic E-state index is 12.8. The van der Waals surface area contributed by atoms with E-state index in [4.69, 9.17) is 28.8 Å². The average Bonchev–Trinajstić information content (AvgIpc) is 1.58. The molecule has 3 saturated carbocycles. The van der Waals surface area contributed by atoms with E-state index in [1.807, 2.05) is 31.2 Å². The van der Waals surface area contributed by atoms with Crippen molar-refractivity contribution in [1.82, 2.24) is 0 Å². The number of hydrogen-bond acceptors (Lipinski definition) is 13. The summed E-state index contributed by atoms with van der Waals surface area (Å²) in [5.74, 6) is 5.46. The zero-order valence-corrected chi connectivity index (χ0v) is 61.5. The van der Waals surface area contributed by atoms with Gasteiger partial charge in [-0.3, -0.25) is 4.79 Å². The summed E-state index contributed by atoms with van der Waals surface area (Å²) in [6.45, 7) is 23.3. The SMILES string of the molecule is CCC(C)c1ccc(O)cc1.CCC(C)c1ccc(OC(C)OC2CC3CC2C2CCCC32)cc1.CCC(C)c1ccc(OC(C)OCCOc2c(C)cc([S+](c3ccccc3)c3ccccc3)cc2C)cc1.CCCCCCCCCCC(=O)OCCOC(=O)C(F)(F)S(=O)(=O)[O-]. The number of hydrogen-bond donors (Lipinski definition) is 1. The number of halogens is 2. The fraction of sp³-hybridized carbons (Fsp3) is 0.531. The summed E-state index contributed by atoms with van der Waals surface area (Å²) in [5.41, 5.74) is 6.28. The van der Waals surface area contributed by atoms with Gasteiger partial charge in [0.05, 0.1) is 23.6 Å². The van der Waals surface area contributed by atoms with Crippen LogP contribution in [0.25, 0.3) is 0 Å². The van der Waals surface area contributed by atoms with Gasteiger partial charge in [-0.15, -0.1) is 0 Å². The van der Waals surface area contributed by atoms with Crippen LogP contribution in [0.3, 0.4) is 0 Å². The molecule has 10 unspecified atom stereocenters. The van der Waals surface area contributed by atoms with Crippen LogP contribution < -0.4 is 14.2 Å². The lowest BCUT2D eigenvalue weighted by Crippen LogP contribution is -2.39. The number of unbranched alkanes of at least 4 members (excludes halogenated alkanes) is 7. The van der Waals surface area contributed by atoms with Crippen LogP contribution in [-0.2, 0) is 49.5 Å². The van der Waals surface area contributed by atoms with Crippen molar-refractivity contribution >= 4 is 33.0 Å². The van der Waals surface area contributed by atoms with E-state index in [1.165, 1.54) is 95.6 Å². The summed E-state index contributed by atoms with van der Waals surface area (Å²) in [6, 6.07) is 50.3. The minimum absolute atomic E-state index is 0.149. The molecule has 17 heteroatoms. The van der Waals surface area contributed by atoms with Crippen LogP contribution in [0.15, 0.2) is 160 Å². The Morgan fingerprint density at radius 3 is 1.54 bits per heavy atom. The highest BCUT2D eigenvalue weighted by Gasteiger charge is 2.54. The molecule has 0 aliphatic heterocycles. The van der Waals surface area contributed by atoms with Gasteiger partial charge in [0.2, 0.25) is 0 Å². The topological polar surface area (TPSA) is 176 Å². The van der Waals surface area contributed by atoms with Crippen LogP contribution in [0.5, 0.6) is 23.0 Å². The molecular formula is C81H110F2O13S2. The van der Waals surface area contributed by atoms with Gasteiger partial charge in [0.1, 0.15) is 42.8 Å². The molecule has 0 radical (unpaired) electrons. The van der Waals surface area contributed by atoms with E-state index in [1.54, 1.807) is 12.1 Å². The lowest BCUT2D eigenvalue weighted by molar-refractivity contribution is -0.165. The monoisotopic (exact) mass is 1390 g/mol. The number of ether oxygens (including phenoxy) is 7. The van der Waals surface area contributed by atoms with Crippen LogP contribution in [-0.4, -0.2) is 80.4 Å². The number of phenols is 1. The molecule has 3 aliphatic rings. The van der Waals surface area contributed by atoms with Gasteiger partial charge in [0.25, 0.3) is 0 Å². The number of aromatic hydroxyl groups is 1. The number of phenolic OH excluding ortho intramolecular Hbond substituents is 1. The highest BCUT2D eigenvalue weighted by molar-refractivity contribution is 7.97. The molecule has 3 aliphatic carbocycles. The minimum atomic E-state index is -6.15. The predicted octanol–water partition coefficient (Wildman–Crippen LogP) is 20.1. The second kappa shape index (κ2) is 41.3. The standard InChI is InChI=1S/C34H39O3S.C22H32O2.C15H26F2O7S.C10H14O/c1-6-25(2)29-17-19-30(20-18-29)37-28(5)35-21-22-36-34-26(3)23-33(24-27(34)4)38(31-13-9-7-10-14-31)32-15-11-8-12-16-32;1-4-14(2)16-8-10-18(11-9-16)23-15(3)24-22-13-17-12-21(22)20-7-5-6-19(17)20;1-2-3-4-5-6-7-8-9-10-13(18)23-11-12-24-14(19)15(16,17)25(20,21)22;1-3-8(2)9-4-6-10(11)7-5-9/h7-20,23-25,28H,6,21-22H2,1-5H3;8-11,14-15,17,19-22H,4-7,12-13H2,1-3H3;2-12H2,1H3,(H,20,21,22);4-8,11H,3H2,1-2H3/q+1;;;/p-1. The number of benzene rings is 6. The minimum Gasteiger partial charge on any atom is -0.743 e. The van der Waals surface area contributed by atoms with Gasteiger partial charge >= 0.3 is 17.2 Å². The van der Waals surface area contributed by atoms with Crippen LogP contribution in [0.4, 0.5) is 8.78 Å². The van der Waals surface area contributed by atoms with Gasteiger partial charge in [-0.05, 0) is 209 Å². The number of fused-ring (bicyclic) bond motifs is 5. The van der Waals surface area contributed by atoms with Crippen molar-refractivity contribution in [2.45, 2.75) is 242 Å². The Morgan fingerprint density at radius 2 is 1.04 bits per heavy atom. The molecule has 9 rings (SSSR count). The maximum atomic E-state index is 12.8. The number of aryl methyl sites for hydroxylation is 2. The molecular weight excluding hydrogens is 1280 g/mol. The smallest absolute Gasteiger partial charge is 0.428 e. The van der Waals surface area contributed by atoms with Gasteiger partial charge < -0.3 is 42.8 Å². The Morgan fingerprint density at radius 1 is 0.571 bits per heavy atom. The van der Waals surface area contributed by atoms with Crippen molar-refractivity contribution in [2.24, 2.45) is 23.7 Å². The van der Waals surface area contributed by atoms with Crippen LogP contribution >= 0.6 is 0 Å². The Kier molecular flexibility index (Phi) is 33.9. The van der Waals surface area contributed by atoms with Gasteiger partial charge in [-0.25, -0.2) is 13.2 Å². The number of carbonyl (C=O) groups excluding carboxylic acids is 2. The highest BCUT2D eigenvalue weighted by atomic mass is 32.2. The molecule has 0 aromatic heterocycles. The van der Waals surface area contributed by atoms with E-state index in [0.717, 1.165) is 84.2 Å². The second-order valence-electron chi connectivity index (χ2n) is 26.4. The third-order valence-electron chi connectivity index (χ3n) is 19.2. The second-order valence-corrected chi connectivity index (χ2v) is 29.9. The first-order valence-electron chi connectivity index (χ1n) is 35.8. The first-order valence-corrected chi connectivity index (χ1v) is 38.4. The fourth-order valence-corrected chi connectivity index (χ4v) is 15.7. The lowest BCUT2D eigenvalue weighted by atomic mass is 9.80. The molecule has 0 heterocycles. The Balaban J connectivity index is 0.000000221. The van der Waals surface area contributed by atoms with E-state index < -0.39 is 40.5 Å². The average molecular weight is 1390 g/mol. The molecule has 2 bridgehead atoms. The van der Waals surface area contributed by atoms with Crippen molar-refractivity contribution in [2.75, 3.05) is 26.4 Å². The van der Waals surface area contributed by atoms with Crippen LogP contribution in [0.2, 0.25) is 0 Å². The zero-order chi connectivity index (χ0) is 71.2. The quantitative estimate of drug-likeness (QED) is 0.0133. The third-order valence-corrected chi connectivity index (χ3v) is 22.2. The molecule has 6 aromatic rings. The summed E-state index contributed by atoms with van der Waals surface area (Å²) in [7, 11) is -6.32. The van der Waals surface area contributed by atoms with Crippen LogP contribution in [0, 0.1) is 37.5 Å². The molecule has 10 atom stereocenters. The molecule has 98 heavy (non-hydrogen) atoms. The molecule has 0 amide bonds. The largest absolute Gasteiger partial charge is 0.743 e. The summed E-state index contributed by atoms with van der Waals surface area (Å²) < 4.78 is 95.1. The molecule has 1 N–H and O–H groups in total. The van der Waals surface area contributed by atoms with Gasteiger partial charge in [-0.2, -0.15) is 8.78 Å². The van der Waals surface area contributed by atoms with E-state index in [2.05, 4.69) is 188 Å². The Labute approximate surface area is 587 Å². The summed E-state index contributed by atoms with van der Waals surface area (Å²) in [5, 5.41) is 3.85. The number of carbonyl (C=O) groups is 2. The Hall–Kier alpha value is -6.50. The molecule has 538 valence electrons. The predicted molar refractivity (Wildman–Crippen MR) is 385 cm³/mol. The molecule has 0 spiro atoms. The Bertz CT molecular complexity index is 3310. The van der Waals surface area contributed by atoms with Crippen molar-refractivity contribution in [3.8, 4) is 23.0 Å². The maximum Gasteiger partial charge on any atom is 0.428 e. The zero-order valence-electron chi connectivity index (χ0n) is 59.9. The molecule has 13 nitrogen and oxygen atoms in total. The normalized spacial score (nSPS) is 18.4. The van der Waals surface area contributed by atoms with Crippen molar-refractivity contribution in [3.05, 3.63) is 173 Å². The van der Waals surface area contributed by atoms with E-state index in [0.29, 0.717) is 49.2 Å². The first-order chi connectivity index (χ1) is 47.0. The fourth-order valence-electron chi connectivity index (χ4n) is 13.2. The number of esters is 2. The van der Waals surface area contributed by atoms with Crippen molar-refractivity contribution in [3.63, 3.8) is 0 Å². The third kappa shape index (κ3) is 25.3. The molecule has 0 saturated heterocycles. The number of rotatable bonds is 34. The summed E-state index contributed by atoms with van der Waals surface area (Å²) in [4.78, 5) is 26.1. The molecule has 6 aromatic carbocycles. The molecule has 3 fully saturated rings. The summed E-state index contributed by atoms with van der Waals surface area (Å²) >= 11 is 0. The van der Waals surface area contributed by atoms with Crippen molar-refractivity contribution < 1.29 is 69.6 Å². The van der Waals surface area contributed by atoms with Gasteiger partial charge in [0.15, 0.2) is 37.4 Å². The number of alkyl halides is 2. The van der Waals surface area contributed by atoms with E-state index in [-0.39, 0.29) is 29.9 Å². The van der Waals surface area contributed by atoms with Crippen LogP contribution in [0.1, 0.15) is 217 Å². The first kappa shape index (κ1) is 80.5. The van der Waals surface area contributed by atoms with E-state index in [9.17, 15) is 31.3 Å². The van der Waals surface area contributed by atoms with Gasteiger partial charge in [-0.1, -0.05) is 173 Å². The van der Waals surface area contributed by atoms with E-state index >= 15 is 0 Å². The summed E-state index contributed by atoms with van der Waals surface area (Å²) in [6.07, 6.45) is 19.0. The van der Waals surface area contributed by atoms with Gasteiger partial charge in [0, 0.05) is 18.6 Å². The van der Waals surface area contributed by atoms with Crippen molar-refractivity contribution in [1.29, 1.82) is 0 Å². The lowest BCUT2D eigenvalue weighted by Gasteiger charge is -2.33.